The van der Waals surface area contributed by atoms with Gasteiger partial charge in [-0.3, -0.25) is 9.59 Å². The van der Waals surface area contributed by atoms with Gasteiger partial charge in [-0.15, -0.1) is 0 Å². The van der Waals surface area contributed by atoms with E-state index in [1.54, 1.807) is 78.9 Å². The van der Waals surface area contributed by atoms with Crippen LogP contribution in [0.2, 0.25) is 0 Å². The third-order valence-corrected chi connectivity index (χ3v) is 6.33. The largest absolute Gasteiger partial charge is 0.422 e. The number of hydrogen-bond acceptors (Lipinski definition) is 5. The molecule has 0 aliphatic carbocycles. The maximum atomic E-state index is 12.6. The summed E-state index contributed by atoms with van der Waals surface area (Å²) < 4.78 is 7.14. The lowest BCUT2D eigenvalue weighted by Crippen LogP contribution is -2.18. The van der Waals surface area contributed by atoms with Crippen molar-refractivity contribution in [1.82, 2.24) is 5.43 Å². The number of nitrogens with one attached hydrogen (secondary N) is 2. The summed E-state index contributed by atoms with van der Waals surface area (Å²) in [6.45, 7) is 1.92. The molecule has 0 spiro atoms. The molecule has 0 fully saturated rings. The molecule has 2 N–H and O–H groups in total. The summed E-state index contributed by atoms with van der Waals surface area (Å²) in [7, 11) is 0. The lowest BCUT2D eigenvalue weighted by atomic mass is 10.1. The van der Waals surface area contributed by atoms with E-state index in [0.29, 0.717) is 27.9 Å². The smallest absolute Gasteiger partial charge is 0.343 e. The summed E-state index contributed by atoms with van der Waals surface area (Å²) in [6, 6.07) is 25.6. The first kappa shape index (κ1) is 27.0. The van der Waals surface area contributed by atoms with Gasteiger partial charge in [-0.25, -0.2) is 10.2 Å². The monoisotopic (exact) mass is 633 g/mol. The Kier molecular flexibility index (Phi) is 8.83. The van der Waals surface area contributed by atoms with E-state index in [0.717, 1.165) is 14.5 Å². The topological polar surface area (TPSA) is 96.9 Å². The first-order chi connectivity index (χ1) is 18.3. The molecule has 0 saturated heterocycles. The van der Waals surface area contributed by atoms with Crippen molar-refractivity contribution in [3.05, 3.63) is 128 Å². The number of benzene rings is 4. The second-order valence-electron chi connectivity index (χ2n) is 8.18. The van der Waals surface area contributed by atoms with Crippen LogP contribution in [0.5, 0.6) is 5.75 Å². The van der Waals surface area contributed by atoms with Gasteiger partial charge in [0.25, 0.3) is 11.8 Å². The number of aryl methyl sites for hydroxylation is 1. The Morgan fingerprint density at radius 2 is 1.45 bits per heavy atom. The number of ether oxygens (including phenoxy) is 1. The number of rotatable bonds is 7. The summed E-state index contributed by atoms with van der Waals surface area (Å²) in [6.07, 6.45) is 1.39. The Balaban J connectivity index is 1.38. The average Bonchev–Trinajstić information content (AvgIpc) is 2.91. The number of halogens is 2. The number of hydrazone groups is 1. The first-order valence-electron chi connectivity index (χ1n) is 11.4. The highest BCUT2D eigenvalue weighted by Crippen LogP contribution is 2.23. The highest BCUT2D eigenvalue weighted by Gasteiger charge is 2.12. The van der Waals surface area contributed by atoms with Gasteiger partial charge in [-0.1, -0.05) is 49.6 Å². The molecule has 0 aliphatic heterocycles. The van der Waals surface area contributed by atoms with E-state index in [9.17, 15) is 14.4 Å². The van der Waals surface area contributed by atoms with Crippen molar-refractivity contribution < 1.29 is 19.1 Å². The highest BCUT2D eigenvalue weighted by atomic mass is 79.9. The van der Waals surface area contributed by atoms with Crippen LogP contribution in [0.4, 0.5) is 5.69 Å². The second-order valence-corrected chi connectivity index (χ2v) is 10.0. The molecular formula is C29H21Br2N3O4. The van der Waals surface area contributed by atoms with Crippen molar-refractivity contribution in [2.45, 2.75) is 6.92 Å². The minimum Gasteiger partial charge on any atom is -0.422 e. The van der Waals surface area contributed by atoms with Crippen molar-refractivity contribution in [3.8, 4) is 5.75 Å². The summed E-state index contributed by atoms with van der Waals surface area (Å²) in [5.74, 6) is -0.914. The molecule has 4 aromatic carbocycles. The summed E-state index contributed by atoms with van der Waals surface area (Å²) in [4.78, 5) is 37.5. The molecule has 0 aromatic heterocycles. The molecule has 0 heterocycles. The van der Waals surface area contributed by atoms with Crippen molar-refractivity contribution in [3.63, 3.8) is 0 Å². The van der Waals surface area contributed by atoms with Crippen molar-refractivity contribution in [2.24, 2.45) is 5.10 Å². The molecule has 0 unspecified atom stereocenters. The van der Waals surface area contributed by atoms with Gasteiger partial charge in [0.15, 0.2) is 0 Å². The van der Waals surface area contributed by atoms with E-state index in [1.807, 2.05) is 19.1 Å². The van der Waals surface area contributed by atoms with Gasteiger partial charge in [-0.2, -0.15) is 5.10 Å². The fourth-order valence-corrected chi connectivity index (χ4v) is 4.02. The Hall–Kier alpha value is -4.08. The van der Waals surface area contributed by atoms with Crippen LogP contribution in [0, 0.1) is 6.92 Å². The summed E-state index contributed by atoms with van der Waals surface area (Å²) >= 11 is 6.73. The van der Waals surface area contributed by atoms with E-state index in [1.165, 1.54) is 6.21 Å². The van der Waals surface area contributed by atoms with Crippen LogP contribution in [-0.2, 0) is 0 Å². The van der Waals surface area contributed by atoms with Crippen LogP contribution in [-0.4, -0.2) is 24.0 Å². The maximum absolute atomic E-state index is 12.6. The molecule has 0 aliphatic rings. The van der Waals surface area contributed by atoms with Gasteiger partial charge in [0.05, 0.1) is 11.8 Å². The Morgan fingerprint density at radius 1 is 0.763 bits per heavy atom. The molecular weight excluding hydrogens is 614 g/mol. The molecule has 0 atom stereocenters. The number of esters is 1. The van der Waals surface area contributed by atoms with Crippen molar-refractivity contribution >= 4 is 61.5 Å². The zero-order valence-electron chi connectivity index (χ0n) is 20.1. The fourth-order valence-electron chi connectivity index (χ4n) is 3.38. The van der Waals surface area contributed by atoms with Gasteiger partial charge in [0, 0.05) is 31.3 Å². The van der Waals surface area contributed by atoms with E-state index in [4.69, 9.17) is 4.74 Å². The standard InChI is InChI=1S/C29H21Br2N3O4/c1-18-3-2-4-21(15-18)27(35)33-25-12-7-19(8-13-25)28(36)34-32-17-22-16-24(31)11-14-26(22)38-29(37)20-5-9-23(30)10-6-20/h2-17H,1H3,(H,33,35)(H,34,36)/b32-17-. The zero-order chi connectivity index (χ0) is 27.1. The van der Waals surface area contributed by atoms with Gasteiger partial charge >= 0.3 is 5.97 Å². The highest BCUT2D eigenvalue weighted by molar-refractivity contribution is 9.10. The summed E-state index contributed by atoms with van der Waals surface area (Å²) in [5.41, 5.74) is 5.79. The van der Waals surface area contributed by atoms with Crippen LogP contribution in [0.15, 0.2) is 105 Å². The third kappa shape index (κ3) is 7.24. The Morgan fingerprint density at radius 3 is 2.16 bits per heavy atom. The predicted octanol–water partition coefficient (Wildman–Crippen LogP) is 6.76. The fraction of sp³-hybridized carbons (Fsp3) is 0.0345. The SMILES string of the molecule is Cc1cccc(C(=O)Nc2ccc(C(=O)N/N=C\c3cc(Br)ccc3OC(=O)c3ccc(Br)cc3)cc2)c1. The van der Waals surface area contributed by atoms with Gasteiger partial charge in [0.2, 0.25) is 0 Å². The molecule has 0 saturated carbocycles. The minimum absolute atomic E-state index is 0.235. The lowest BCUT2D eigenvalue weighted by molar-refractivity contribution is 0.0733. The van der Waals surface area contributed by atoms with E-state index >= 15 is 0 Å². The molecule has 0 radical (unpaired) electrons. The van der Waals surface area contributed by atoms with Crippen molar-refractivity contribution in [1.29, 1.82) is 0 Å². The first-order valence-corrected chi connectivity index (χ1v) is 13.0. The number of hydrogen-bond donors (Lipinski definition) is 2. The number of amides is 2. The molecule has 4 aromatic rings. The molecule has 9 heteroatoms. The van der Waals surface area contributed by atoms with Crippen LogP contribution in [0.25, 0.3) is 0 Å². The molecule has 4 rings (SSSR count). The predicted molar refractivity (Wildman–Crippen MR) is 154 cm³/mol. The van der Waals surface area contributed by atoms with Crippen molar-refractivity contribution in [2.75, 3.05) is 5.32 Å². The van der Waals surface area contributed by atoms with Gasteiger partial charge in [-0.05, 0) is 85.8 Å². The molecule has 0 bridgehead atoms. The normalized spacial score (nSPS) is 10.7. The van der Waals surface area contributed by atoms with E-state index in [-0.39, 0.29) is 11.7 Å². The minimum atomic E-state index is -0.520. The van der Waals surface area contributed by atoms with Gasteiger partial charge in [0.1, 0.15) is 5.75 Å². The lowest BCUT2D eigenvalue weighted by Gasteiger charge is -2.08. The van der Waals surface area contributed by atoms with Crippen LogP contribution in [0.1, 0.15) is 42.2 Å². The molecule has 7 nitrogen and oxygen atoms in total. The molecule has 38 heavy (non-hydrogen) atoms. The molecule has 2 amide bonds. The van der Waals surface area contributed by atoms with Crippen LogP contribution >= 0.6 is 31.9 Å². The van der Waals surface area contributed by atoms with Gasteiger partial charge < -0.3 is 10.1 Å². The quantitative estimate of drug-likeness (QED) is 0.102. The van der Waals surface area contributed by atoms with Crippen LogP contribution in [0.3, 0.4) is 0 Å². The number of anilines is 1. The van der Waals surface area contributed by atoms with Crippen LogP contribution < -0.4 is 15.5 Å². The number of carbonyl (C=O) groups is 3. The summed E-state index contributed by atoms with van der Waals surface area (Å²) in [5, 5.41) is 6.83. The second kappa shape index (κ2) is 12.4. The zero-order valence-corrected chi connectivity index (χ0v) is 23.2. The Bertz CT molecular complexity index is 1520. The van der Waals surface area contributed by atoms with E-state index in [2.05, 4.69) is 47.7 Å². The molecule has 190 valence electrons. The third-order valence-electron chi connectivity index (χ3n) is 5.31. The van der Waals surface area contributed by atoms with E-state index < -0.39 is 11.9 Å². The maximum Gasteiger partial charge on any atom is 0.343 e. The average molecular weight is 635 g/mol. The number of nitrogens with zero attached hydrogens (tertiary/aromatic N) is 1. The Labute approximate surface area is 236 Å². The number of carbonyl (C=O) groups excluding carboxylic acids is 3.